The van der Waals surface area contributed by atoms with E-state index >= 15 is 0 Å². The third-order valence-electron chi connectivity index (χ3n) is 1.74. The van der Waals surface area contributed by atoms with Gasteiger partial charge >= 0.3 is 6.18 Å². The Kier molecular flexibility index (Phi) is 1.55. The molecule has 68 valence electrons. The van der Waals surface area contributed by atoms with Crippen LogP contribution in [0.15, 0.2) is 30.9 Å². The summed E-state index contributed by atoms with van der Waals surface area (Å²) in [6.07, 6.45) is -0.109. The zero-order valence-electron chi connectivity index (χ0n) is 6.42. The number of fused-ring (bicyclic) bond motifs is 1. The molecule has 2 nitrogen and oxygen atoms in total. The number of nitrogens with zero attached hydrogens (tertiary/aromatic N) is 2. The average Bonchev–Trinajstić information content (AvgIpc) is 2.47. The van der Waals surface area contributed by atoms with E-state index in [-0.39, 0.29) is 0 Å². The van der Waals surface area contributed by atoms with Gasteiger partial charge in [0.15, 0.2) is 0 Å². The van der Waals surface area contributed by atoms with Crippen LogP contribution in [0.4, 0.5) is 13.2 Å². The molecule has 0 amide bonds. The maximum Gasteiger partial charge on any atom is 0.416 e. The van der Waals surface area contributed by atoms with E-state index in [0.29, 0.717) is 5.52 Å². The molecule has 2 rings (SSSR count). The Labute approximate surface area is 71.6 Å². The van der Waals surface area contributed by atoms with Crippen molar-refractivity contribution in [1.29, 1.82) is 0 Å². The molecule has 2 heterocycles. The summed E-state index contributed by atoms with van der Waals surface area (Å²) in [6.45, 7) is 0. The molecule has 0 atom stereocenters. The highest BCUT2D eigenvalue weighted by molar-refractivity contribution is 5.47. The summed E-state index contributed by atoms with van der Waals surface area (Å²) < 4.78 is 38.1. The summed E-state index contributed by atoms with van der Waals surface area (Å²) in [4.78, 5) is 3.72. The van der Waals surface area contributed by atoms with Gasteiger partial charge in [-0.25, -0.2) is 4.98 Å². The molecule has 0 aliphatic rings. The van der Waals surface area contributed by atoms with E-state index in [4.69, 9.17) is 0 Å². The summed E-state index contributed by atoms with van der Waals surface area (Å²) >= 11 is 0. The fraction of sp³-hybridized carbons (Fsp3) is 0.125. The molecule has 0 aliphatic heterocycles. The molecule has 0 saturated heterocycles. The Morgan fingerprint density at radius 3 is 2.77 bits per heavy atom. The highest BCUT2D eigenvalue weighted by atomic mass is 19.4. The quantitative estimate of drug-likeness (QED) is 0.617. The van der Waals surface area contributed by atoms with Crippen molar-refractivity contribution in [1.82, 2.24) is 9.38 Å². The van der Waals surface area contributed by atoms with Gasteiger partial charge in [-0.3, -0.25) is 0 Å². The maximum atomic E-state index is 12.2. The third-order valence-corrected chi connectivity index (χ3v) is 1.74. The lowest BCUT2D eigenvalue weighted by atomic mass is 10.2. The van der Waals surface area contributed by atoms with E-state index in [1.165, 1.54) is 23.1 Å². The first-order chi connectivity index (χ1) is 6.07. The monoisotopic (exact) mass is 186 g/mol. The van der Waals surface area contributed by atoms with Crippen LogP contribution >= 0.6 is 0 Å². The van der Waals surface area contributed by atoms with Crippen LogP contribution in [0.3, 0.4) is 0 Å². The molecule has 0 fully saturated rings. The van der Waals surface area contributed by atoms with Crippen LogP contribution in [0, 0.1) is 0 Å². The molecule has 5 heteroatoms. The van der Waals surface area contributed by atoms with E-state index in [9.17, 15) is 13.2 Å². The molecular weight excluding hydrogens is 181 g/mol. The lowest BCUT2D eigenvalue weighted by Gasteiger charge is -2.05. The van der Waals surface area contributed by atoms with Crippen LogP contribution in [0.1, 0.15) is 5.56 Å². The normalized spacial score (nSPS) is 12.2. The topological polar surface area (TPSA) is 17.3 Å². The molecule has 0 aromatic carbocycles. The molecule has 2 aromatic rings. The Bertz CT molecular complexity index is 430. The molecule has 0 N–H and O–H groups in total. The van der Waals surface area contributed by atoms with Gasteiger partial charge < -0.3 is 4.40 Å². The Balaban J connectivity index is 2.61. The van der Waals surface area contributed by atoms with E-state index in [0.717, 1.165) is 12.1 Å². The number of rotatable bonds is 0. The minimum atomic E-state index is -4.29. The fourth-order valence-corrected chi connectivity index (χ4v) is 1.10. The van der Waals surface area contributed by atoms with Crippen molar-refractivity contribution in [2.75, 3.05) is 0 Å². The SMILES string of the molecule is FC(F)(F)c1ccn2cncc2c1. The molecule has 13 heavy (non-hydrogen) atoms. The highest BCUT2D eigenvalue weighted by Gasteiger charge is 2.30. The van der Waals surface area contributed by atoms with E-state index < -0.39 is 11.7 Å². The molecule has 0 aliphatic carbocycles. The second-order valence-corrected chi connectivity index (χ2v) is 2.64. The molecule has 0 spiro atoms. The van der Waals surface area contributed by atoms with Gasteiger partial charge in [0.1, 0.15) is 0 Å². The number of imidazole rings is 1. The summed E-state index contributed by atoms with van der Waals surface area (Å²) in [6, 6.07) is 2.08. The van der Waals surface area contributed by atoms with Gasteiger partial charge in [-0.1, -0.05) is 0 Å². The minimum absolute atomic E-state index is 0.440. The predicted octanol–water partition coefficient (Wildman–Crippen LogP) is 2.35. The first kappa shape index (κ1) is 8.10. The van der Waals surface area contributed by atoms with Crippen molar-refractivity contribution in [2.24, 2.45) is 0 Å². The average molecular weight is 186 g/mol. The molecular formula is C8H5F3N2. The predicted molar refractivity (Wildman–Crippen MR) is 40.2 cm³/mol. The number of aromatic nitrogens is 2. The summed E-state index contributed by atoms with van der Waals surface area (Å²) in [7, 11) is 0. The van der Waals surface area contributed by atoms with Gasteiger partial charge in [-0.05, 0) is 12.1 Å². The van der Waals surface area contributed by atoms with Crippen LogP contribution in [0.2, 0.25) is 0 Å². The Morgan fingerprint density at radius 2 is 2.08 bits per heavy atom. The molecule has 0 bridgehead atoms. The maximum absolute atomic E-state index is 12.2. The van der Waals surface area contributed by atoms with Crippen LogP contribution < -0.4 is 0 Å². The van der Waals surface area contributed by atoms with Gasteiger partial charge in [-0.15, -0.1) is 0 Å². The van der Waals surface area contributed by atoms with Crippen LogP contribution in [0.5, 0.6) is 0 Å². The van der Waals surface area contributed by atoms with Crippen LogP contribution in [0.25, 0.3) is 5.52 Å². The molecule has 2 aromatic heterocycles. The lowest BCUT2D eigenvalue weighted by Crippen LogP contribution is -2.04. The second kappa shape index (κ2) is 2.48. The van der Waals surface area contributed by atoms with Crippen molar-refractivity contribution in [3.8, 4) is 0 Å². The minimum Gasteiger partial charge on any atom is -0.306 e. The summed E-state index contributed by atoms with van der Waals surface area (Å²) in [5.74, 6) is 0. The zero-order valence-corrected chi connectivity index (χ0v) is 6.42. The summed E-state index contributed by atoms with van der Waals surface area (Å²) in [5.41, 5.74) is -0.213. The first-order valence-corrected chi connectivity index (χ1v) is 3.56. The largest absolute Gasteiger partial charge is 0.416 e. The van der Waals surface area contributed by atoms with Crippen molar-refractivity contribution in [3.05, 3.63) is 36.4 Å². The van der Waals surface area contributed by atoms with Crippen molar-refractivity contribution in [3.63, 3.8) is 0 Å². The number of hydrogen-bond acceptors (Lipinski definition) is 1. The smallest absolute Gasteiger partial charge is 0.306 e. The van der Waals surface area contributed by atoms with Gasteiger partial charge in [0, 0.05) is 6.20 Å². The second-order valence-electron chi connectivity index (χ2n) is 2.64. The van der Waals surface area contributed by atoms with Gasteiger partial charge in [0.25, 0.3) is 0 Å². The van der Waals surface area contributed by atoms with E-state index in [2.05, 4.69) is 4.98 Å². The highest BCUT2D eigenvalue weighted by Crippen LogP contribution is 2.29. The number of alkyl halides is 3. The van der Waals surface area contributed by atoms with E-state index in [1.54, 1.807) is 0 Å². The van der Waals surface area contributed by atoms with Crippen molar-refractivity contribution in [2.45, 2.75) is 6.18 Å². The molecule has 0 unspecified atom stereocenters. The van der Waals surface area contributed by atoms with Crippen molar-refractivity contribution >= 4 is 5.52 Å². The van der Waals surface area contributed by atoms with Gasteiger partial charge in [0.05, 0.1) is 23.6 Å². The number of halogens is 3. The van der Waals surface area contributed by atoms with Gasteiger partial charge in [0.2, 0.25) is 0 Å². The molecule has 0 radical (unpaired) electrons. The zero-order chi connectivity index (χ0) is 9.47. The fourth-order valence-electron chi connectivity index (χ4n) is 1.10. The summed E-state index contributed by atoms with van der Waals surface area (Å²) in [5, 5.41) is 0. The van der Waals surface area contributed by atoms with Gasteiger partial charge in [-0.2, -0.15) is 13.2 Å². The lowest BCUT2D eigenvalue weighted by molar-refractivity contribution is -0.137. The van der Waals surface area contributed by atoms with Crippen LogP contribution in [-0.2, 0) is 6.18 Å². The first-order valence-electron chi connectivity index (χ1n) is 3.56. The Hall–Kier alpha value is -1.52. The van der Waals surface area contributed by atoms with Crippen molar-refractivity contribution < 1.29 is 13.2 Å². The standard InChI is InChI=1S/C8H5F3N2/c9-8(10,11)6-1-2-13-5-12-4-7(13)3-6/h1-5H. The number of hydrogen-bond donors (Lipinski definition) is 0. The van der Waals surface area contributed by atoms with Crippen LogP contribution in [-0.4, -0.2) is 9.38 Å². The molecule has 0 saturated carbocycles. The van der Waals surface area contributed by atoms with E-state index in [1.807, 2.05) is 0 Å². The number of pyridine rings is 1. The Morgan fingerprint density at radius 1 is 1.31 bits per heavy atom. The third kappa shape index (κ3) is 1.37.